The molecule has 0 spiro atoms. The Morgan fingerprint density at radius 3 is 1.09 bits per heavy atom. The van der Waals surface area contributed by atoms with Crippen LogP contribution in [0.3, 0.4) is 0 Å². The third-order valence-electron chi connectivity index (χ3n) is 3.25. The van der Waals surface area contributed by atoms with Crippen LogP contribution in [-0.4, -0.2) is 67.7 Å². The first kappa shape index (κ1) is 19.8. The van der Waals surface area contributed by atoms with Crippen LogP contribution in [-0.2, 0) is 28.7 Å². The van der Waals surface area contributed by atoms with Gasteiger partial charge >= 0.3 is 23.9 Å². The SMILES string of the molecule is CC(OC(C)(C(=O)O)C(C)(OC(C)C(=O)O)C(=O)O)C(=O)O. The van der Waals surface area contributed by atoms with Gasteiger partial charge in [0.05, 0.1) is 0 Å². The molecule has 0 aliphatic heterocycles. The number of rotatable bonds is 9. The molecule has 10 heteroatoms. The summed E-state index contributed by atoms with van der Waals surface area (Å²) >= 11 is 0. The molecule has 0 aromatic carbocycles. The average molecular weight is 322 g/mol. The highest BCUT2D eigenvalue weighted by Crippen LogP contribution is 2.33. The Labute approximate surface area is 125 Å². The van der Waals surface area contributed by atoms with Gasteiger partial charge in [0.25, 0.3) is 0 Å². The first-order valence-electron chi connectivity index (χ1n) is 6.07. The fourth-order valence-corrected chi connectivity index (χ4v) is 1.54. The van der Waals surface area contributed by atoms with Crippen LogP contribution in [0.15, 0.2) is 0 Å². The number of ether oxygens (including phenoxy) is 2. The molecule has 0 saturated heterocycles. The van der Waals surface area contributed by atoms with Crippen molar-refractivity contribution in [3.05, 3.63) is 0 Å². The molecule has 4 atom stereocenters. The maximum atomic E-state index is 11.5. The van der Waals surface area contributed by atoms with Gasteiger partial charge in [-0.25, -0.2) is 19.2 Å². The molecular formula is C12H18O10. The molecule has 126 valence electrons. The van der Waals surface area contributed by atoms with Crippen LogP contribution in [0.25, 0.3) is 0 Å². The molecule has 0 aliphatic rings. The molecule has 0 radical (unpaired) electrons. The Morgan fingerprint density at radius 1 is 0.727 bits per heavy atom. The second-order valence-electron chi connectivity index (χ2n) is 4.87. The van der Waals surface area contributed by atoms with E-state index in [4.69, 9.17) is 19.7 Å². The first-order valence-corrected chi connectivity index (χ1v) is 6.07. The Hall–Kier alpha value is -2.20. The third-order valence-corrected chi connectivity index (χ3v) is 3.25. The lowest BCUT2D eigenvalue weighted by molar-refractivity contribution is -0.240. The van der Waals surface area contributed by atoms with Crippen LogP contribution in [0.2, 0.25) is 0 Å². The quantitative estimate of drug-likeness (QED) is 0.440. The van der Waals surface area contributed by atoms with Gasteiger partial charge in [-0.15, -0.1) is 0 Å². The Bertz CT molecular complexity index is 442. The molecule has 0 aromatic heterocycles. The monoisotopic (exact) mass is 322 g/mol. The van der Waals surface area contributed by atoms with Crippen molar-refractivity contribution >= 4 is 23.9 Å². The normalized spacial score (nSPS) is 19.3. The van der Waals surface area contributed by atoms with Crippen molar-refractivity contribution in [1.82, 2.24) is 0 Å². The standard InChI is InChI=1S/C12H18O10/c1-5(7(13)14)21-11(3,9(17)18)12(4,10(19)20)22-6(2)8(15)16/h5-6H,1-4H3,(H,13,14)(H,15,16)(H,17,18)(H,19,20). The van der Waals surface area contributed by atoms with E-state index in [9.17, 15) is 29.4 Å². The second kappa shape index (κ2) is 6.71. The molecule has 22 heavy (non-hydrogen) atoms. The van der Waals surface area contributed by atoms with Crippen molar-refractivity contribution in [3.63, 3.8) is 0 Å². The predicted octanol–water partition coefficient (Wildman–Crippen LogP) is -0.348. The molecule has 0 bridgehead atoms. The highest BCUT2D eigenvalue weighted by molar-refractivity contribution is 5.91. The van der Waals surface area contributed by atoms with E-state index in [1.54, 1.807) is 0 Å². The van der Waals surface area contributed by atoms with Crippen molar-refractivity contribution in [1.29, 1.82) is 0 Å². The van der Waals surface area contributed by atoms with Crippen LogP contribution >= 0.6 is 0 Å². The van der Waals surface area contributed by atoms with Crippen molar-refractivity contribution in [2.45, 2.75) is 51.1 Å². The summed E-state index contributed by atoms with van der Waals surface area (Å²) in [6.45, 7) is 3.62. The molecule has 0 aromatic rings. The van der Waals surface area contributed by atoms with E-state index in [1.807, 2.05) is 0 Å². The van der Waals surface area contributed by atoms with Gasteiger partial charge in [0.15, 0.2) is 12.2 Å². The highest BCUT2D eigenvalue weighted by atomic mass is 16.6. The topological polar surface area (TPSA) is 168 Å². The number of carboxylic acids is 4. The van der Waals surface area contributed by atoms with Gasteiger partial charge < -0.3 is 29.9 Å². The summed E-state index contributed by atoms with van der Waals surface area (Å²) in [5.41, 5.74) is -5.30. The minimum absolute atomic E-state index is 0.803. The molecule has 10 nitrogen and oxygen atoms in total. The summed E-state index contributed by atoms with van der Waals surface area (Å²) in [5, 5.41) is 36.2. The smallest absolute Gasteiger partial charge is 0.339 e. The molecular weight excluding hydrogens is 304 g/mol. The van der Waals surface area contributed by atoms with Crippen LogP contribution in [0.5, 0.6) is 0 Å². The van der Waals surface area contributed by atoms with Gasteiger partial charge in [-0.05, 0) is 27.7 Å². The number of aliphatic carboxylic acids is 4. The molecule has 0 saturated carbocycles. The van der Waals surface area contributed by atoms with Crippen molar-refractivity contribution < 1.29 is 49.1 Å². The van der Waals surface area contributed by atoms with E-state index in [-0.39, 0.29) is 0 Å². The lowest BCUT2D eigenvalue weighted by Gasteiger charge is -2.41. The molecule has 0 heterocycles. The summed E-state index contributed by atoms with van der Waals surface area (Å²) in [7, 11) is 0. The average Bonchev–Trinajstić information content (AvgIpc) is 2.37. The van der Waals surface area contributed by atoms with Crippen molar-refractivity contribution in [3.8, 4) is 0 Å². The molecule has 0 aliphatic carbocycles. The molecule has 4 N–H and O–H groups in total. The summed E-state index contributed by atoms with van der Waals surface area (Å²) in [6.07, 6.45) is -3.33. The molecule has 0 fully saturated rings. The Kier molecular flexibility index (Phi) is 6.04. The fourth-order valence-electron chi connectivity index (χ4n) is 1.54. The summed E-state index contributed by atoms with van der Waals surface area (Å²) in [5.74, 6) is -6.68. The zero-order chi connectivity index (χ0) is 17.9. The third kappa shape index (κ3) is 3.71. The lowest BCUT2D eigenvalue weighted by Crippen LogP contribution is -2.65. The van der Waals surface area contributed by atoms with Crippen LogP contribution in [0.4, 0.5) is 0 Å². The van der Waals surface area contributed by atoms with E-state index in [0.717, 1.165) is 27.7 Å². The van der Waals surface area contributed by atoms with Gasteiger partial charge in [0, 0.05) is 0 Å². The Balaban J connectivity index is 5.90. The lowest BCUT2D eigenvalue weighted by atomic mass is 9.84. The van der Waals surface area contributed by atoms with Gasteiger partial charge in [-0.1, -0.05) is 0 Å². The molecule has 0 amide bonds. The largest absolute Gasteiger partial charge is 0.479 e. The summed E-state index contributed by atoms with van der Waals surface area (Å²) in [6, 6.07) is 0. The zero-order valence-electron chi connectivity index (χ0n) is 12.4. The fraction of sp³-hybridized carbons (Fsp3) is 0.667. The van der Waals surface area contributed by atoms with Gasteiger partial charge in [-0.2, -0.15) is 0 Å². The Morgan fingerprint density at radius 2 is 0.955 bits per heavy atom. The highest BCUT2D eigenvalue weighted by Gasteiger charge is 2.60. The van der Waals surface area contributed by atoms with Gasteiger partial charge in [-0.3, -0.25) is 0 Å². The first-order chi connectivity index (χ1) is 9.79. The predicted molar refractivity (Wildman–Crippen MR) is 68.4 cm³/mol. The summed E-state index contributed by atoms with van der Waals surface area (Å²) in [4.78, 5) is 44.6. The molecule has 0 rings (SSSR count). The number of hydrogen-bond acceptors (Lipinski definition) is 6. The van der Waals surface area contributed by atoms with E-state index < -0.39 is 47.3 Å². The van der Waals surface area contributed by atoms with Gasteiger partial charge in [0.1, 0.15) is 0 Å². The maximum absolute atomic E-state index is 11.5. The van der Waals surface area contributed by atoms with E-state index in [0.29, 0.717) is 0 Å². The zero-order valence-corrected chi connectivity index (χ0v) is 12.4. The van der Waals surface area contributed by atoms with Crippen LogP contribution in [0, 0.1) is 0 Å². The van der Waals surface area contributed by atoms with Crippen molar-refractivity contribution in [2.75, 3.05) is 0 Å². The van der Waals surface area contributed by atoms with E-state index in [1.165, 1.54) is 0 Å². The minimum Gasteiger partial charge on any atom is -0.479 e. The van der Waals surface area contributed by atoms with Gasteiger partial charge in [0.2, 0.25) is 11.2 Å². The van der Waals surface area contributed by atoms with Crippen LogP contribution < -0.4 is 0 Å². The second-order valence-corrected chi connectivity index (χ2v) is 4.87. The number of carbonyl (C=O) groups is 4. The minimum atomic E-state index is -2.65. The summed E-state index contributed by atoms with van der Waals surface area (Å²) < 4.78 is 9.74. The van der Waals surface area contributed by atoms with E-state index in [2.05, 4.69) is 0 Å². The van der Waals surface area contributed by atoms with Crippen LogP contribution in [0.1, 0.15) is 27.7 Å². The van der Waals surface area contributed by atoms with E-state index >= 15 is 0 Å². The molecule has 4 unspecified atom stereocenters. The number of hydrogen-bond donors (Lipinski definition) is 4. The number of carboxylic acid groups (broad SMARTS) is 4. The maximum Gasteiger partial charge on any atom is 0.339 e. The van der Waals surface area contributed by atoms with Crippen molar-refractivity contribution in [2.24, 2.45) is 0 Å².